The highest BCUT2D eigenvalue weighted by Gasteiger charge is 2.21. The fourth-order valence-corrected chi connectivity index (χ4v) is 4.03. The molecule has 0 aliphatic heterocycles. The van der Waals surface area contributed by atoms with Crippen molar-refractivity contribution >= 4 is 21.6 Å². The van der Waals surface area contributed by atoms with Crippen molar-refractivity contribution in [2.24, 2.45) is 0 Å². The maximum Gasteiger partial charge on any atom is 0.264 e. The van der Waals surface area contributed by atoms with Crippen LogP contribution in [0.25, 0.3) is 0 Å². The lowest BCUT2D eigenvalue weighted by Gasteiger charge is -2.20. The van der Waals surface area contributed by atoms with E-state index in [9.17, 15) is 17.6 Å². The van der Waals surface area contributed by atoms with Crippen molar-refractivity contribution in [3.05, 3.63) is 84.2 Å². The summed E-state index contributed by atoms with van der Waals surface area (Å²) in [6.07, 6.45) is 0. The number of nitrogens with one attached hydrogen (secondary N) is 1. The second-order valence-corrected chi connectivity index (χ2v) is 8.72. The van der Waals surface area contributed by atoms with E-state index in [1.807, 2.05) is 0 Å². The number of nitrogens with zero attached hydrogens (tertiary/aromatic N) is 1. The number of benzene rings is 3. The van der Waals surface area contributed by atoms with Gasteiger partial charge in [-0.1, -0.05) is 0 Å². The zero-order valence-electron chi connectivity index (χ0n) is 17.6. The van der Waals surface area contributed by atoms with Crippen LogP contribution in [-0.4, -0.2) is 41.6 Å². The Morgan fingerprint density at radius 3 is 2.12 bits per heavy atom. The van der Waals surface area contributed by atoms with Gasteiger partial charge in [0.05, 0.1) is 24.2 Å². The second-order valence-electron chi connectivity index (χ2n) is 6.75. The topological polar surface area (TPSA) is 84.9 Å². The minimum atomic E-state index is -3.76. The highest BCUT2D eigenvalue weighted by Crippen LogP contribution is 2.24. The second kappa shape index (κ2) is 10.1. The Hall–Kier alpha value is -3.59. The third-order valence-corrected chi connectivity index (χ3v) is 6.48. The highest BCUT2D eigenvalue weighted by atomic mass is 32.2. The third kappa shape index (κ3) is 5.55. The number of amides is 1. The number of carbonyl (C=O) groups is 1. The number of ether oxygens (including phenoxy) is 2. The molecule has 0 fully saturated rings. The van der Waals surface area contributed by atoms with Crippen molar-refractivity contribution in [2.75, 3.05) is 31.6 Å². The molecule has 0 aliphatic rings. The number of rotatable bonds is 9. The molecule has 3 rings (SSSR count). The lowest BCUT2D eigenvalue weighted by molar-refractivity contribution is 0.0947. The molecule has 1 N–H and O–H groups in total. The van der Waals surface area contributed by atoms with Crippen LogP contribution in [0.3, 0.4) is 0 Å². The van der Waals surface area contributed by atoms with Crippen LogP contribution in [0.15, 0.2) is 77.7 Å². The first kappa shape index (κ1) is 23.1. The van der Waals surface area contributed by atoms with Gasteiger partial charge < -0.3 is 14.8 Å². The van der Waals surface area contributed by atoms with Crippen LogP contribution in [0.5, 0.6) is 11.5 Å². The quantitative estimate of drug-likeness (QED) is 0.497. The van der Waals surface area contributed by atoms with Crippen LogP contribution in [0.4, 0.5) is 10.1 Å². The summed E-state index contributed by atoms with van der Waals surface area (Å²) in [5.41, 5.74) is 0.794. The molecule has 168 valence electrons. The smallest absolute Gasteiger partial charge is 0.264 e. The van der Waals surface area contributed by atoms with E-state index in [1.165, 1.54) is 50.6 Å². The summed E-state index contributed by atoms with van der Waals surface area (Å²) < 4.78 is 50.2. The zero-order valence-corrected chi connectivity index (χ0v) is 18.4. The molecule has 0 saturated carbocycles. The van der Waals surface area contributed by atoms with Gasteiger partial charge in [0, 0.05) is 12.6 Å². The molecule has 0 aromatic heterocycles. The molecule has 32 heavy (non-hydrogen) atoms. The van der Waals surface area contributed by atoms with Gasteiger partial charge in [0.1, 0.15) is 23.9 Å². The van der Waals surface area contributed by atoms with Crippen molar-refractivity contribution in [2.45, 2.75) is 4.90 Å². The molecule has 0 atom stereocenters. The number of hydrogen-bond acceptors (Lipinski definition) is 5. The molecule has 7 nitrogen and oxygen atoms in total. The van der Waals surface area contributed by atoms with E-state index in [1.54, 1.807) is 36.4 Å². The van der Waals surface area contributed by atoms with Crippen molar-refractivity contribution in [3.8, 4) is 11.5 Å². The van der Waals surface area contributed by atoms with Gasteiger partial charge in [0.25, 0.3) is 15.9 Å². The molecule has 9 heteroatoms. The van der Waals surface area contributed by atoms with Crippen LogP contribution in [0.2, 0.25) is 0 Å². The maximum absolute atomic E-state index is 12.9. The van der Waals surface area contributed by atoms with Crippen molar-refractivity contribution in [1.29, 1.82) is 0 Å². The number of hydrogen-bond donors (Lipinski definition) is 1. The fourth-order valence-electron chi connectivity index (χ4n) is 2.83. The average molecular weight is 459 g/mol. The van der Waals surface area contributed by atoms with Gasteiger partial charge in [-0.3, -0.25) is 9.10 Å². The molecule has 0 unspecified atom stereocenters. The van der Waals surface area contributed by atoms with E-state index < -0.39 is 10.0 Å². The zero-order chi connectivity index (χ0) is 23.1. The van der Waals surface area contributed by atoms with Crippen LogP contribution in [0, 0.1) is 5.82 Å². The van der Waals surface area contributed by atoms with Gasteiger partial charge in [0.2, 0.25) is 0 Å². The van der Waals surface area contributed by atoms with E-state index in [0.29, 0.717) is 22.7 Å². The van der Waals surface area contributed by atoms with Crippen LogP contribution < -0.4 is 19.1 Å². The summed E-state index contributed by atoms with van der Waals surface area (Å²) in [5.74, 6) is 0.396. The Morgan fingerprint density at radius 2 is 1.53 bits per heavy atom. The minimum Gasteiger partial charge on any atom is -0.497 e. The standard InChI is InChI=1S/C23H23FN2O5S/c1-26(32(28,29)22-13-11-20(30-2)12-14-22)19-7-3-17(4-8-19)23(27)25-15-16-31-21-9-5-18(24)6-10-21/h3-14H,15-16H2,1-2H3,(H,25,27). The minimum absolute atomic E-state index is 0.128. The Balaban J connectivity index is 1.57. The summed E-state index contributed by atoms with van der Waals surface area (Å²) in [6, 6.07) is 17.9. The van der Waals surface area contributed by atoms with Crippen LogP contribution in [-0.2, 0) is 10.0 Å². The predicted molar refractivity (Wildman–Crippen MR) is 119 cm³/mol. The number of carbonyl (C=O) groups excluding carboxylic acids is 1. The number of sulfonamides is 1. The monoisotopic (exact) mass is 458 g/mol. The van der Waals surface area contributed by atoms with Gasteiger partial charge in [0.15, 0.2) is 0 Å². The predicted octanol–water partition coefficient (Wildman–Crippen LogP) is 3.47. The molecular weight excluding hydrogens is 435 g/mol. The Morgan fingerprint density at radius 1 is 0.938 bits per heavy atom. The van der Waals surface area contributed by atoms with Gasteiger partial charge in [-0.2, -0.15) is 0 Å². The van der Waals surface area contributed by atoms with Gasteiger partial charge >= 0.3 is 0 Å². The summed E-state index contributed by atoms with van der Waals surface area (Å²) in [5, 5.41) is 2.71. The van der Waals surface area contributed by atoms with E-state index in [2.05, 4.69) is 5.32 Å². The lowest BCUT2D eigenvalue weighted by atomic mass is 10.2. The van der Waals surface area contributed by atoms with E-state index in [-0.39, 0.29) is 29.8 Å². The summed E-state index contributed by atoms with van der Waals surface area (Å²) in [7, 11) is -0.808. The lowest BCUT2D eigenvalue weighted by Crippen LogP contribution is -2.28. The Kier molecular flexibility index (Phi) is 7.32. The molecule has 0 saturated heterocycles. The Bertz CT molecular complexity index is 1150. The first-order valence-corrected chi connectivity index (χ1v) is 11.1. The first-order valence-electron chi connectivity index (χ1n) is 9.71. The molecule has 3 aromatic carbocycles. The first-order chi connectivity index (χ1) is 15.3. The SMILES string of the molecule is COc1ccc(S(=O)(=O)N(C)c2ccc(C(=O)NCCOc3ccc(F)cc3)cc2)cc1. The number of anilines is 1. The third-order valence-electron chi connectivity index (χ3n) is 4.68. The van der Waals surface area contributed by atoms with E-state index in [4.69, 9.17) is 9.47 Å². The summed E-state index contributed by atoms with van der Waals surface area (Å²) in [4.78, 5) is 12.4. The summed E-state index contributed by atoms with van der Waals surface area (Å²) in [6.45, 7) is 0.474. The Labute approximate surface area is 186 Å². The molecule has 1 amide bonds. The van der Waals surface area contributed by atoms with Crippen molar-refractivity contribution < 1.29 is 27.1 Å². The fraction of sp³-hybridized carbons (Fsp3) is 0.174. The average Bonchev–Trinajstić information content (AvgIpc) is 2.82. The van der Waals surface area contributed by atoms with Gasteiger partial charge in [-0.25, -0.2) is 12.8 Å². The van der Waals surface area contributed by atoms with Crippen LogP contribution in [0.1, 0.15) is 10.4 Å². The van der Waals surface area contributed by atoms with Crippen molar-refractivity contribution in [1.82, 2.24) is 5.32 Å². The van der Waals surface area contributed by atoms with Crippen LogP contribution >= 0.6 is 0 Å². The summed E-state index contributed by atoms with van der Waals surface area (Å²) >= 11 is 0. The highest BCUT2D eigenvalue weighted by molar-refractivity contribution is 7.92. The molecule has 3 aromatic rings. The number of halogens is 1. The maximum atomic E-state index is 12.9. The number of methoxy groups -OCH3 is 1. The largest absolute Gasteiger partial charge is 0.497 e. The van der Waals surface area contributed by atoms with Gasteiger partial charge in [-0.05, 0) is 72.8 Å². The van der Waals surface area contributed by atoms with E-state index >= 15 is 0 Å². The van der Waals surface area contributed by atoms with E-state index in [0.717, 1.165) is 4.31 Å². The molecule has 0 aliphatic carbocycles. The molecular formula is C23H23FN2O5S. The molecule has 0 heterocycles. The normalized spacial score (nSPS) is 11.0. The van der Waals surface area contributed by atoms with Gasteiger partial charge in [-0.15, -0.1) is 0 Å². The molecule has 0 spiro atoms. The molecule has 0 bridgehead atoms. The molecule has 0 radical (unpaired) electrons. The van der Waals surface area contributed by atoms with Crippen molar-refractivity contribution in [3.63, 3.8) is 0 Å².